The maximum absolute atomic E-state index is 12.9. The van der Waals surface area contributed by atoms with Crippen LogP contribution in [0, 0.1) is 5.92 Å². The molecule has 0 radical (unpaired) electrons. The largest absolute Gasteiger partial charge is 0.330 e. The van der Waals surface area contributed by atoms with Crippen molar-refractivity contribution in [2.24, 2.45) is 11.7 Å². The van der Waals surface area contributed by atoms with E-state index in [1.165, 1.54) is 6.42 Å². The molecule has 1 aliphatic carbocycles. The van der Waals surface area contributed by atoms with E-state index in [1.807, 2.05) is 36.4 Å². The number of nitrogens with two attached hydrogens (primary N) is 1. The van der Waals surface area contributed by atoms with Gasteiger partial charge in [0.25, 0.3) is 0 Å². The van der Waals surface area contributed by atoms with Gasteiger partial charge in [-0.05, 0) is 76.6 Å². The Morgan fingerprint density at radius 2 is 1.20 bits per heavy atom. The Hall–Kier alpha value is -2.08. The van der Waals surface area contributed by atoms with Crippen LogP contribution < -0.4 is 16.4 Å². The second kappa shape index (κ2) is 11.9. The molecule has 0 aliphatic heterocycles. The van der Waals surface area contributed by atoms with Gasteiger partial charge in [0.1, 0.15) is 0 Å². The molecule has 2 aromatic carbocycles. The number of benzene rings is 2. The second-order valence-electron chi connectivity index (χ2n) is 8.19. The number of rotatable bonds is 14. The zero-order valence-corrected chi connectivity index (χ0v) is 17.9. The first-order valence-electron chi connectivity index (χ1n) is 11.5. The van der Waals surface area contributed by atoms with Crippen LogP contribution in [0.1, 0.15) is 65.7 Å². The molecule has 5 nitrogen and oxygen atoms in total. The summed E-state index contributed by atoms with van der Waals surface area (Å²) in [5.74, 6) is -0.525. The molecule has 0 fully saturated rings. The van der Waals surface area contributed by atoms with Crippen molar-refractivity contribution in [3.8, 4) is 0 Å². The Morgan fingerprint density at radius 3 is 1.73 bits per heavy atom. The van der Waals surface area contributed by atoms with Gasteiger partial charge in [-0.1, -0.05) is 42.8 Å². The zero-order valence-electron chi connectivity index (χ0n) is 17.9. The lowest BCUT2D eigenvalue weighted by Crippen LogP contribution is -2.29. The van der Waals surface area contributed by atoms with Gasteiger partial charge in [0, 0.05) is 16.5 Å². The summed E-state index contributed by atoms with van der Waals surface area (Å²) >= 11 is 0. The summed E-state index contributed by atoms with van der Waals surface area (Å²) in [6.45, 7) is 4.85. The summed E-state index contributed by atoms with van der Waals surface area (Å²) in [6, 6.07) is 11.5. The third-order valence-electron chi connectivity index (χ3n) is 5.93. The van der Waals surface area contributed by atoms with E-state index in [9.17, 15) is 9.59 Å². The molecule has 0 saturated carbocycles. The molecule has 162 valence electrons. The van der Waals surface area contributed by atoms with E-state index in [4.69, 9.17) is 5.73 Å². The van der Waals surface area contributed by atoms with Crippen molar-refractivity contribution in [2.45, 2.75) is 44.9 Å². The Bertz CT molecular complexity index is 799. The number of Topliss-reactive ketones (excluding diaryl/α,β-unsaturated/α-hetero) is 2. The predicted molar refractivity (Wildman–Crippen MR) is 123 cm³/mol. The van der Waals surface area contributed by atoms with Crippen molar-refractivity contribution in [3.05, 3.63) is 47.5 Å². The van der Waals surface area contributed by atoms with Crippen molar-refractivity contribution < 1.29 is 9.59 Å². The molecule has 0 amide bonds. The van der Waals surface area contributed by atoms with Crippen molar-refractivity contribution >= 4 is 22.3 Å². The highest BCUT2D eigenvalue weighted by atomic mass is 16.2. The molecule has 0 spiro atoms. The highest BCUT2D eigenvalue weighted by Gasteiger charge is 2.34. The molecule has 5 heteroatoms. The minimum Gasteiger partial charge on any atom is -0.330 e. The smallest absolute Gasteiger partial charge is 0.174 e. The number of unbranched alkanes of at least 4 members (excludes halogenated alkanes) is 3. The van der Waals surface area contributed by atoms with Gasteiger partial charge in [0.05, 0.1) is 5.92 Å². The fourth-order valence-electron chi connectivity index (χ4n) is 4.25. The van der Waals surface area contributed by atoms with Crippen LogP contribution in [0.4, 0.5) is 0 Å². The number of ketones is 2. The van der Waals surface area contributed by atoms with E-state index in [1.54, 1.807) is 0 Å². The molecule has 0 aromatic heterocycles. The topological polar surface area (TPSA) is 84.2 Å². The van der Waals surface area contributed by atoms with Crippen molar-refractivity contribution in [1.82, 2.24) is 10.6 Å². The number of carbonyl (C=O) groups is 2. The first-order chi connectivity index (χ1) is 14.7. The molecule has 0 bridgehead atoms. The number of hydrogen-bond acceptors (Lipinski definition) is 5. The van der Waals surface area contributed by atoms with Crippen LogP contribution in [0.2, 0.25) is 0 Å². The molecular formula is C25H35N3O2. The van der Waals surface area contributed by atoms with Gasteiger partial charge in [-0.2, -0.15) is 0 Å². The van der Waals surface area contributed by atoms with Gasteiger partial charge in [0.15, 0.2) is 11.6 Å². The van der Waals surface area contributed by atoms with Crippen LogP contribution in [0.25, 0.3) is 10.8 Å². The van der Waals surface area contributed by atoms with E-state index in [0.29, 0.717) is 17.5 Å². The second-order valence-corrected chi connectivity index (χ2v) is 8.19. The SMILES string of the molecule is NCCCCNCCCCNCCCCC1C(=O)c2cccc3cccc(c23)C1=O. The molecule has 1 aliphatic rings. The summed E-state index contributed by atoms with van der Waals surface area (Å²) in [4.78, 5) is 25.8. The molecule has 3 rings (SSSR count). The van der Waals surface area contributed by atoms with Crippen molar-refractivity contribution in [2.75, 3.05) is 32.7 Å². The highest BCUT2D eigenvalue weighted by Crippen LogP contribution is 2.34. The molecular weight excluding hydrogens is 374 g/mol. The van der Waals surface area contributed by atoms with Crippen molar-refractivity contribution in [1.29, 1.82) is 0 Å². The van der Waals surface area contributed by atoms with Gasteiger partial charge < -0.3 is 16.4 Å². The van der Waals surface area contributed by atoms with E-state index in [0.717, 1.165) is 75.6 Å². The first-order valence-corrected chi connectivity index (χ1v) is 11.5. The Labute approximate surface area is 179 Å². The van der Waals surface area contributed by atoms with Crippen LogP contribution in [0.3, 0.4) is 0 Å². The van der Waals surface area contributed by atoms with Crippen LogP contribution in [0.15, 0.2) is 36.4 Å². The monoisotopic (exact) mass is 409 g/mol. The Kier molecular flexibility index (Phi) is 9.00. The maximum atomic E-state index is 12.9. The number of carbonyl (C=O) groups excluding carboxylic acids is 2. The van der Waals surface area contributed by atoms with Gasteiger partial charge >= 0.3 is 0 Å². The van der Waals surface area contributed by atoms with Gasteiger partial charge in [-0.15, -0.1) is 0 Å². The number of hydrogen-bond donors (Lipinski definition) is 3. The lowest BCUT2D eigenvalue weighted by Gasteiger charge is -2.23. The average molecular weight is 410 g/mol. The normalized spacial score (nSPS) is 14.0. The molecule has 2 aromatic rings. The standard InChI is InChI=1S/C25H35N3O2/c26-14-2-4-16-28-18-6-5-17-27-15-3-1-11-22-24(29)20-12-7-9-19-10-8-13-21(23(19)20)25(22)30/h7-10,12-13,22,27-28H,1-6,11,14-18,26H2. The summed E-state index contributed by atoms with van der Waals surface area (Å²) in [5, 5.41) is 8.72. The molecule has 4 N–H and O–H groups in total. The molecule has 0 unspecified atom stereocenters. The van der Waals surface area contributed by atoms with Crippen LogP contribution in [-0.2, 0) is 0 Å². The summed E-state index contributed by atoms with van der Waals surface area (Å²) in [6.07, 6.45) is 7.08. The van der Waals surface area contributed by atoms with Gasteiger partial charge in [-0.3, -0.25) is 9.59 Å². The summed E-state index contributed by atoms with van der Waals surface area (Å²) in [5.41, 5.74) is 6.90. The molecule has 30 heavy (non-hydrogen) atoms. The van der Waals surface area contributed by atoms with Crippen LogP contribution in [-0.4, -0.2) is 44.3 Å². The Balaban J connectivity index is 1.33. The third kappa shape index (κ3) is 5.75. The predicted octanol–water partition coefficient (Wildman–Crippen LogP) is 3.70. The fourth-order valence-corrected chi connectivity index (χ4v) is 4.25. The molecule has 0 heterocycles. The zero-order chi connectivity index (χ0) is 21.2. The average Bonchev–Trinajstić information content (AvgIpc) is 2.77. The maximum Gasteiger partial charge on any atom is 0.174 e. The van der Waals surface area contributed by atoms with E-state index >= 15 is 0 Å². The molecule has 0 atom stereocenters. The lowest BCUT2D eigenvalue weighted by atomic mass is 9.78. The summed E-state index contributed by atoms with van der Waals surface area (Å²) < 4.78 is 0. The minimum atomic E-state index is -0.518. The van der Waals surface area contributed by atoms with Crippen LogP contribution >= 0.6 is 0 Å². The van der Waals surface area contributed by atoms with Gasteiger partial charge in [-0.25, -0.2) is 0 Å². The van der Waals surface area contributed by atoms with E-state index in [2.05, 4.69) is 10.6 Å². The van der Waals surface area contributed by atoms with Crippen LogP contribution in [0.5, 0.6) is 0 Å². The Morgan fingerprint density at radius 1 is 0.700 bits per heavy atom. The molecule has 0 saturated heterocycles. The third-order valence-corrected chi connectivity index (χ3v) is 5.93. The highest BCUT2D eigenvalue weighted by molar-refractivity contribution is 6.29. The van der Waals surface area contributed by atoms with E-state index in [-0.39, 0.29) is 11.6 Å². The quantitative estimate of drug-likeness (QED) is 0.327. The first kappa shape index (κ1) is 22.6. The van der Waals surface area contributed by atoms with Gasteiger partial charge in [0.2, 0.25) is 0 Å². The number of nitrogens with one attached hydrogen (secondary N) is 2. The minimum absolute atomic E-state index is 0.00350. The fraction of sp³-hybridized carbons (Fsp3) is 0.520. The van der Waals surface area contributed by atoms with Crippen molar-refractivity contribution in [3.63, 3.8) is 0 Å². The van der Waals surface area contributed by atoms with E-state index < -0.39 is 5.92 Å². The summed E-state index contributed by atoms with van der Waals surface area (Å²) in [7, 11) is 0. The lowest BCUT2D eigenvalue weighted by molar-refractivity contribution is 0.0792.